The first kappa shape index (κ1) is 23.6. The van der Waals surface area contributed by atoms with Crippen LogP contribution in [0, 0.1) is 0 Å². The molecule has 0 bridgehead atoms. The molecule has 5 rings (SSSR count). The molecule has 0 radical (unpaired) electrons. The van der Waals surface area contributed by atoms with Crippen molar-refractivity contribution in [3.8, 4) is 0 Å². The van der Waals surface area contributed by atoms with Crippen LogP contribution in [0.4, 0.5) is 0 Å². The SMILES string of the molecule is CC[C]1([Ti]([CH2]c2ccccc2)([CH2]c2ccccc2)[CH2]c2ccccc2)C(C)=CC2=C1CCCC2. The van der Waals surface area contributed by atoms with E-state index in [2.05, 4.69) is 111 Å². The van der Waals surface area contributed by atoms with E-state index in [0.717, 1.165) is 0 Å². The van der Waals surface area contributed by atoms with Gasteiger partial charge in [0.25, 0.3) is 0 Å². The summed E-state index contributed by atoms with van der Waals surface area (Å²) in [5, 5.41) is 0. The molecule has 1 unspecified atom stereocenters. The number of hydrogen-bond acceptors (Lipinski definition) is 0. The van der Waals surface area contributed by atoms with Crippen molar-refractivity contribution in [1.29, 1.82) is 0 Å². The molecule has 34 heavy (non-hydrogen) atoms. The third kappa shape index (κ3) is 4.32. The first-order chi connectivity index (χ1) is 16.7. The molecule has 3 aromatic carbocycles. The normalized spacial score (nSPS) is 20.2. The Morgan fingerprint density at radius 3 is 1.53 bits per heavy atom. The average molecular weight is 483 g/mol. The molecule has 0 fully saturated rings. The molecule has 0 spiro atoms. The quantitative estimate of drug-likeness (QED) is 0.281. The molecule has 3 aromatic rings. The topological polar surface area (TPSA) is 0 Å². The first-order valence-electron chi connectivity index (χ1n) is 13.2. The van der Waals surface area contributed by atoms with E-state index in [1.807, 2.05) is 5.57 Å². The van der Waals surface area contributed by atoms with E-state index in [0.29, 0.717) is 0 Å². The minimum absolute atomic E-state index is 0.289. The molecular formula is C33H38Ti. The summed E-state index contributed by atoms with van der Waals surface area (Å²) in [7, 11) is 0. The van der Waals surface area contributed by atoms with Crippen LogP contribution in [0.25, 0.3) is 0 Å². The fourth-order valence-corrected chi connectivity index (χ4v) is 18.2. The molecule has 2 aliphatic carbocycles. The van der Waals surface area contributed by atoms with E-state index in [1.54, 1.807) is 27.8 Å². The Kier molecular flexibility index (Phi) is 7.10. The van der Waals surface area contributed by atoms with Gasteiger partial charge in [0.2, 0.25) is 0 Å². The van der Waals surface area contributed by atoms with Crippen molar-refractivity contribution < 1.29 is 16.6 Å². The Balaban J connectivity index is 1.74. The van der Waals surface area contributed by atoms with E-state index in [-0.39, 0.29) is 3.72 Å². The summed E-state index contributed by atoms with van der Waals surface area (Å²) in [6, 6.07) is 34.3. The van der Waals surface area contributed by atoms with Crippen LogP contribution in [-0.4, -0.2) is 0 Å². The van der Waals surface area contributed by atoms with Crippen LogP contribution < -0.4 is 0 Å². The molecule has 1 heteroatoms. The summed E-state index contributed by atoms with van der Waals surface area (Å²) >= 11 is -2.77. The van der Waals surface area contributed by atoms with Crippen LogP contribution >= 0.6 is 0 Å². The molecular weight excluding hydrogens is 444 g/mol. The third-order valence-electron chi connectivity index (χ3n) is 8.68. The zero-order valence-corrected chi connectivity index (χ0v) is 22.5. The third-order valence-corrected chi connectivity index (χ3v) is 18.2. The van der Waals surface area contributed by atoms with Gasteiger partial charge >= 0.3 is 211 Å². The summed E-state index contributed by atoms with van der Waals surface area (Å²) in [6.07, 6.45) is 9.21. The fourth-order valence-electron chi connectivity index (χ4n) is 7.40. The molecule has 0 nitrogen and oxygen atoms in total. The number of benzene rings is 3. The molecule has 0 N–H and O–H groups in total. The maximum absolute atomic E-state index is 2.77. The van der Waals surface area contributed by atoms with Gasteiger partial charge in [-0.05, 0) is 0 Å². The van der Waals surface area contributed by atoms with E-state index in [4.69, 9.17) is 0 Å². The van der Waals surface area contributed by atoms with Crippen molar-refractivity contribution in [3.63, 3.8) is 0 Å². The molecule has 0 aromatic heterocycles. The zero-order valence-electron chi connectivity index (χ0n) is 20.9. The number of hydrogen-bond donors (Lipinski definition) is 0. The predicted octanol–water partition coefficient (Wildman–Crippen LogP) is 9.14. The van der Waals surface area contributed by atoms with Gasteiger partial charge in [-0.15, -0.1) is 0 Å². The van der Waals surface area contributed by atoms with Gasteiger partial charge in [0.15, 0.2) is 0 Å². The summed E-state index contributed by atoms with van der Waals surface area (Å²) in [6.45, 7) is 4.99. The molecule has 0 amide bonds. The van der Waals surface area contributed by atoms with Gasteiger partial charge in [0, 0.05) is 0 Å². The molecule has 0 heterocycles. The van der Waals surface area contributed by atoms with Crippen LogP contribution in [0.15, 0.2) is 114 Å². The van der Waals surface area contributed by atoms with E-state index in [9.17, 15) is 0 Å². The molecule has 1 atom stereocenters. The van der Waals surface area contributed by atoms with E-state index in [1.165, 1.54) is 46.3 Å². The van der Waals surface area contributed by atoms with Gasteiger partial charge in [-0.3, -0.25) is 0 Å². The van der Waals surface area contributed by atoms with Gasteiger partial charge in [0.1, 0.15) is 0 Å². The van der Waals surface area contributed by atoms with Crippen molar-refractivity contribution in [2.75, 3.05) is 0 Å². The Morgan fingerprint density at radius 1 is 0.647 bits per heavy atom. The fraction of sp³-hybridized carbons (Fsp3) is 0.333. The van der Waals surface area contributed by atoms with E-state index >= 15 is 0 Å². The van der Waals surface area contributed by atoms with Gasteiger partial charge in [-0.1, -0.05) is 0 Å². The van der Waals surface area contributed by atoms with Crippen molar-refractivity contribution in [2.45, 2.75) is 63.8 Å². The van der Waals surface area contributed by atoms with Gasteiger partial charge in [-0.25, -0.2) is 0 Å². The molecule has 0 saturated carbocycles. The predicted molar refractivity (Wildman–Crippen MR) is 143 cm³/mol. The Morgan fingerprint density at radius 2 is 1.09 bits per heavy atom. The molecule has 0 saturated heterocycles. The monoisotopic (exact) mass is 482 g/mol. The Labute approximate surface area is 210 Å². The average Bonchev–Trinajstić information content (AvgIpc) is 3.18. The van der Waals surface area contributed by atoms with E-state index < -0.39 is 16.6 Å². The van der Waals surface area contributed by atoms with Crippen LogP contribution in [0.2, 0.25) is 3.72 Å². The van der Waals surface area contributed by atoms with Crippen molar-refractivity contribution in [1.82, 2.24) is 0 Å². The van der Waals surface area contributed by atoms with Crippen molar-refractivity contribution >= 4 is 0 Å². The standard InChI is InChI=1S/C12H17.3C7H7.Ti/c1-3-11-9(2)8-10-6-4-5-7-12(10)11;3*1-7-5-3-2-4-6-7;/h8H,3-7H2,1-2H3;3*2-6H,1H2;. The number of rotatable bonds is 8. The van der Waals surface area contributed by atoms with Gasteiger partial charge in [-0.2, -0.15) is 0 Å². The second-order valence-corrected chi connectivity index (χ2v) is 17.6. The minimum atomic E-state index is -2.77. The number of allylic oxidation sites excluding steroid dienone is 4. The summed E-state index contributed by atoms with van der Waals surface area (Å²) in [5.41, 5.74) is 9.86. The molecule has 174 valence electrons. The second-order valence-electron chi connectivity index (χ2n) is 10.6. The Bertz CT molecular complexity index is 1060. The molecule has 2 aliphatic rings. The van der Waals surface area contributed by atoms with Crippen molar-refractivity contribution in [2.24, 2.45) is 0 Å². The second kappa shape index (κ2) is 10.2. The summed E-state index contributed by atoms with van der Waals surface area (Å²) in [5.74, 6) is 0. The van der Waals surface area contributed by atoms with Crippen molar-refractivity contribution in [3.05, 3.63) is 130 Å². The van der Waals surface area contributed by atoms with Crippen LogP contribution in [0.5, 0.6) is 0 Å². The molecule has 0 aliphatic heterocycles. The zero-order chi connectivity index (χ0) is 23.4. The van der Waals surface area contributed by atoms with Crippen LogP contribution in [0.3, 0.4) is 0 Å². The van der Waals surface area contributed by atoms with Crippen LogP contribution in [-0.2, 0) is 30.8 Å². The first-order valence-corrected chi connectivity index (χ1v) is 17.3. The maximum atomic E-state index is 2.64. The van der Waals surface area contributed by atoms with Crippen LogP contribution in [0.1, 0.15) is 62.6 Å². The summed E-state index contributed by atoms with van der Waals surface area (Å²) in [4.78, 5) is 0. The van der Waals surface area contributed by atoms with Gasteiger partial charge < -0.3 is 0 Å². The van der Waals surface area contributed by atoms with Gasteiger partial charge in [0.05, 0.1) is 0 Å². The Hall–Kier alpha value is -2.15. The summed E-state index contributed by atoms with van der Waals surface area (Å²) < 4.78 is 4.12.